The highest BCUT2D eigenvalue weighted by Gasteiger charge is 2.15. The maximum absolute atomic E-state index is 11.8. The number of amides is 1. The SMILES string of the molecule is COc1ccc2[nH]c(C(=O)NC(C)C)nc2c1Cl. The molecule has 2 rings (SSSR count). The predicted octanol–water partition coefficient (Wildman–Crippen LogP) is 2.36. The first-order chi connectivity index (χ1) is 8.52. The Kier molecular flexibility index (Phi) is 3.43. The number of aromatic nitrogens is 2. The molecule has 2 aromatic rings. The van der Waals surface area contributed by atoms with Gasteiger partial charge in [-0.1, -0.05) is 11.6 Å². The topological polar surface area (TPSA) is 67.0 Å². The van der Waals surface area contributed by atoms with Gasteiger partial charge >= 0.3 is 0 Å². The molecule has 1 heterocycles. The molecule has 18 heavy (non-hydrogen) atoms. The Bertz CT molecular complexity index is 592. The van der Waals surface area contributed by atoms with E-state index in [1.807, 2.05) is 13.8 Å². The average Bonchev–Trinajstić information content (AvgIpc) is 2.73. The van der Waals surface area contributed by atoms with Crippen molar-refractivity contribution >= 4 is 28.5 Å². The summed E-state index contributed by atoms with van der Waals surface area (Å²) >= 11 is 6.13. The van der Waals surface area contributed by atoms with Crippen LogP contribution in [0.3, 0.4) is 0 Å². The van der Waals surface area contributed by atoms with Crippen molar-refractivity contribution < 1.29 is 9.53 Å². The van der Waals surface area contributed by atoms with Crippen LogP contribution in [0.4, 0.5) is 0 Å². The molecule has 1 aromatic carbocycles. The quantitative estimate of drug-likeness (QED) is 0.897. The number of nitrogens with zero attached hydrogens (tertiary/aromatic N) is 1. The molecule has 0 aliphatic rings. The molecule has 0 saturated carbocycles. The van der Waals surface area contributed by atoms with E-state index in [-0.39, 0.29) is 17.8 Å². The molecule has 0 fully saturated rings. The summed E-state index contributed by atoms with van der Waals surface area (Å²) < 4.78 is 5.10. The molecule has 0 bridgehead atoms. The maximum Gasteiger partial charge on any atom is 0.287 e. The van der Waals surface area contributed by atoms with Crippen molar-refractivity contribution in [1.29, 1.82) is 0 Å². The summed E-state index contributed by atoms with van der Waals surface area (Å²) in [5.74, 6) is 0.525. The van der Waals surface area contributed by atoms with Gasteiger partial charge in [-0.05, 0) is 26.0 Å². The van der Waals surface area contributed by atoms with Gasteiger partial charge in [0.15, 0.2) is 5.82 Å². The monoisotopic (exact) mass is 267 g/mol. The van der Waals surface area contributed by atoms with Gasteiger partial charge < -0.3 is 15.0 Å². The molecule has 2 N–H and O–H groups in total. The fourth-order valence-corrected chi connectivity index (χ4v) is 1.90. The first kappa shape index (κ1) is 12.7. The number of fused-ring (bicyclic) bond motifs is 1. The van der Waals surface area contributed by atoms with Crippen LogP contribution in [0.25, 0.3) is 11.0 Å². The van der Waals surface area contributed by atoms with Crippen molar-refractivity contribution in [3.63, 3.8) is 0 Å². The number of nitrogens with one attached hydrogen (secondary N) is 2. The highest BCUT2D eigenvalue weighted by molar-refractivity contribution is 6.36. The number of aromatic amines is 1. The molecule has 1 amide bonds. The van der Waals surface area contributed by atoms with Crippen LogP contribution >= 0.6 is 11.6 Å². The number of ether oxygens (including phenoxy) is 1. The molecule has 0 aliphatic carbocycles. The third kappa shape index (κ3) is 2.26. The van der Waals surface area contributed by atoms with Crippen LogP contribution in [0.5, 0.6) is 5.75 Å². The van der Waals surface area contributed by atoms with Crippen LogP contribution in [0.2, 0.25) is 5.02 Å². The minimum atomic E-state index is -0.253. The summed E-state index contributed by atoms with van der Waals surface area (Å²) in [5.41, 5.74) is 1.24. The number of hydrogen-bond acceptors (Lipinski definition) is 3. The Morgan fingerprint density at radius 1 is 1.50 bits per heavy atom. The first-order valence-electron chi connectivity index (χ1n) is 5.56. The van der Waals surface area contributed by atoms with Crippen LogP contribution in [0.15, 0.2) is 12.1 Å². The van der Waals surface area contributed by atoms with Crippen molar-refractivity contribution in [3.05, 3.63) is 23.0 Å². The third-order valence-electron chi connectivity index (χ3n) is 2.41. The molecule has 6 heteroatoms. The van der Waals surface area contributed by atoms with E-state index in [4.69, 9.17) is 16.3 Å². The van der Waals surface area contributed by atoms with Crippen molar-refractivity contribution in [3.8, 4) is 5.75 Å². The number of halogens is 1. The lowest BCUT2D eigenvalue weighted by atomic mass is 10.3. The first-order valence-corrected chi connectivity index (χ1v) is 5.93. The molecule has 1 aromatic heterocycles. The van der Waals surface area contributed by atoms with E-state index in [0.717, 1.165) is 0 Å². The minimum absolute atomic E-state index is 0.0516. The van der Waals surface area contributed by atoms with E-state index in [2.05, 4.69) is 15.3 Å². The summed E-state index contributed by atoms with van der Waals surface area (Å²) in [6.45, 7) is 3.77. The van der Waals surface area contributed by atoms with Crippen molar-refractivity contribution in [2.45, 2.75) is 19.9 Å². The summed E-state index contributed by atoms with van der Waals surface area (Å²) in [6, 6.07) is 3.56. The van der Waals surface area contributed by atoms with Gasteiger partial charge in [0.1, 0.15) is 16.3 Å². The highest BCUT2D eigenvalue weighted by atomic mass is 35.5. The van der Waals surface area contributed by atoms with E-state index in [9.17, 15) is 4.79 Å². The van der Waals surface area contributed by atoms with Gasteiger partial charge in [-0.25, -0.2) is 4.98 Å². The molecule has 0 aliphatic heterocycles. The van der Waals surface area contributed by atoms with Crippen LogP contribution in [0, 0.1) is 0 Å². The number of methoxy groups -OCH3 is 1. The van der Waals surface area contributed by atoms with Gasteiger partial charge in [0.05, 0.1) is 12.6 Å². The predicted molar refractivity (Wildman–Crippen MR) is 70.3 cm³/mol. The summed E-state index contributed by atoms with van der Waals surface area (Å²) in [4.78, 5) is 18.9. The highest BCUT2D eigenvalue weighted by Crippen LogP contribution is 2.31. The molecule has 0 unspecified atom stereocenters. The van der Waals surface area contributed by atoms with Crippen LogP contribution < -0.4 is 10.1 Å². The Balaban J connectivity index is 2.44. The van der Waals surface area contributed by atoms with Gasteiger partial charge in [-0.3, -0.25) is 4.79 Å². The van der Waals surface area contributed by atoms with E-state index in [1.165, 1.54) is 7.11 Å². The summed E-state index contributed by atoms with van der Waals surface area (Å²) in [6.07, 6.45) is 0. The number of carbonyl (C=O) groups is 1. The van der Waals surface area contributed by atoms with Gasteiger partial charge in [-0.15, -0.1) is 0 Å². The second-order valence-corrected chi connectivity index (χ2v) is 4.57. The molecule has 0 atom stereocenters. The van der Waals surface area contributed by atoms with Crippen molar-refractivity contribution in [2.75, 3.05) is 7.11 Å². The minimum Gasteiger partial charge on any atom is -0.495 e. The van der Waals surface area contributed by atoms with Crippen molar-refractivity contribution in [2.24, 2.45) is 0 Å². The van der Waals surface area contributed by atoms with Gasteiger partial charge in [0.25, 0.3) is 5.91 Å². The standard InChI is InChI=1S/C12H14ClN3O2/c1-6(2)14-12(17)11-15-7-4-5-8(18-3)9(13)10(7)16-11/h4-6H,1-3H3,(H,14,17)(H,15,16). The molecule has 0 spiro atoms. The lowest BCUT2D eigenvalue weighted by Crippen LogP contribution is -2.30. The molecular formula is C12H14ClN3O2. The van der Waals surface area contributed by atoms with Gasteiger partial charge in [-0.2, -0.15) is 0 Å². The zero-order valence-corrected chi connectivity index (χ0v) is 11.1. The molecule has 5 nitrogen and oxygen atoms in total. The second-order valence-electron chi connectivity index (χ2n) is 4.19. The Labute approximate surface area is 109 Å². The van der Waals surface area contributed by atoms with E-state index >= 15 is 0 Å². The fraction of sp³-hybridized carbons (Fsp3) is 0.333. The number of H-pyrrole nitrogens is 1. The Morgan fingerprint density at radius 3 is 2.83 bits per heavy atom. The normalized spacial score (nSPS) is 10.9. The largest absolute Gasteiger partial charge is 0.495 e. The third-order valence-corrected chi connectivity index (χ3v) is 2.78. The lowest BCUT2D eigenvalue weighted by molar-refractivity contribution is 0.0934. The zero-order chi connectivity index (χ0) is 13.3. The summed E-state index contributed by atoms with van der Waals surface area (Å²) in [5, 5.41) is 3.16. The van der Waals surface area contributed by atoms with Crippen molar-refractivity contribution in [1.82, 2.24) is 15.3 Å². The number of rotatable bonds is 3. The Morgan fingerprint density at radius 2 is 2.22 bits per heavy atom. The molecule has 96 valence electrons. The second kappa shape index (κ2) is 4.86. The number of imidazole rings is 1. The van der Waals surface area contributed by atoms with Gasteiger partial charge in [0.2, 0.25) is 0 Å². The van der Waals surface area contributed by atoms with E-state index in [1.54, 1.807) is 12.1 Å². The zero-order valence-electron chi connectivity index (χ0n) is 10.4. The van der Waals surface area contributed by atoms with Crippen LogP contribution in [-0.2, 0) is 0 Å². The average molecular weight is 268 g/mol. The molecule has 0 radical (unpaired) electrons. The van der Waals surface area contributed by atoms with E-state index < -0.39 is 0 Å². The number of benzene rings is 1. The van der Waals surface area contributed by atoms with Gasteiger partial charge in [0, 0.05) is 6.04 Å². The maximum atomic E-state index is 11.8. The Hall–Kier alpha value is -1.75. The van der Waals surface area contributed by atoms with E-state index in [0.29, 0.717) is 21.8 Å². The smallest absolute Gasteiger partial charge is 0.287 e. The molecular weight excluding hydrogens is 254 g/mol. The number of carbonyl (C=O) groups excluding carboxylic acids is 1. The van der Waals surface area contributed by atoms with Crippen LogP contribution in [0.1, 0.15) is 24.5 Å². The van der Waals surface area contributed by atoms with Crippen LogP contribution in [-0.4, -0.2) is 29.0 Å². The lowest BCUT2D eigenvalue weighted by Gasteiger charge is -2.04. The fourth-order valence-electron chi connectivity index (χ4n) is 1.62. The molecule has 0 saturated heterocycles. The number of hydrogen-bond donors (Lipinski definition) is 2. The summed E-state index contributed by atoms with van der Waals surface area (Å²) in [7, 11) is 1.53.